The number of nitrogens with zero attached hydrogens (tertiary/aromatic N) is 1. The van der Waals surface area contributed by atoms with Crippen LogP contribution in [0.25, 0.3) is 11.3 Å². The van der Waals surface area contributed by atoms with E-state index in [-0.39, 0.29) is 12.5 Å². The highest BCUT2D eigenvalue weighted by Gasteiger charge is 2.11. The van der Waals surface area contributed by atoms with Gasteiger partial charge in [-0.2, -0.15) is 5.10 Å². The molecular weight excluding hydrogens is 306 g/mol. The first-order valence-corrected chi connectivity index (χ1v) is 7.24. The van der Waals surface area contributed by atoms with Gasteiger partial charge in [0.15, 0.2) is 0 Å². The zero-order valence-electron chi connectivity index (χ0n) is 12.2. The molecule has 0 aliphatic carbocycles. The molecule has 1 atom stereocenters. The molecule has 3 N–H and O–H groups in total. The van der Waals surface area contributed by atoms with E-state index in [9.17, 15) is 9.90 Å². The Labute approximate surface area is 133 Å². The van der Waals surface area contributed by atoms with Crippen LogP contribution >= 0.6 is 11.6 Å². The minimum Gasteiger partial charge on any atom is -0.391 e. The standard InChI is InChI=1S/C15H18ClN3O3/c1-22-9-12(20)6-7-17-15(21)14-8-13(18-19-14)10-2-4-11(16)5-3-10/h2-5,8,12,20H,6-7,9H2,1H3,(H,17,21)(H,18,19). The van der Waals surface area contributed by atoms with Crippen molar-refractivity contribution in [2.24, 2.45) is 0 Å². The molecular formula is C15H18ClN3O3. The maximum Gasteiger partial charge on any atom is 0.269 e. The summed E-state index contributed by atoms with van der Waals surface area (Å²) in [7, 11) is 1.52. The summed E-state index contributed by atoms with van der Waals surface area (Å²) in [6.07, 6.45) is -0.158. The Hall–Kier alpha value is -1.89. The number of rotatable bonds is 7. The zero-order chi connectivity index (χ0) is 15.9. The van der Waals surface area contributed by atoms with Gasteiger partial charge in [-0.3, -0.25) is 9.89 Å². The number of nitrogens with one attached hydrogen (secondary N) is 2. The van der Waals surface area contributed by atoms with Crippen molar-refractivity contribution in [3.8, 4) is 11.3 Å². The number of aromatic nitrogens is 2. The average Bonchev–Trinajstić information content (AvgIpc) is 2.98. The molecule has 0 aliphatic heterocycles. The predicted octanol–water partition coefficient (Wildman–Crippen LogP) is 1.86. The number of benzene rings is 1. The molecule has 22 heavy (non-hydrogen) atoms. The topological polar surface area (TPSA) is 87.2 Å². The number of aliphatic hydroxyl groups excluding tert-OH is 1. The predicted molar refractivity (Wildman–Crippen MR) is 83.9 cm³/mol. The lowest BCUT2D eigenvalue weighted by Crippen LogP contribution is -2.28. The Bertz CT molecular complexity index is 613. The molecule has 7 heteroatoms. The first-order chi connectivity index (χ1) is 10.6. The van der Waals surface area contributed by atoms with Crippen LogP contribution in [0, 0.1) is 0 Å². The van der Waals surface area contributed by atoms with Gasteiger partial charge in [0.25, 0.3) is 5.91 Å². The van der Waals surface area contributed by atoms with Gasteiger partial charge >= 0.3 is 0 Å². The summed E-state index contributed by atoms with van der Waals surface area (Å²) < 4.78 is 4.82. The Morgan fingerprint density at radius 2 is 2.18 bits per heavy atom. The molecule has 0 radical (unpaired) electrons. The van der Waals surface area contributed by atoms with E-state index in [2.05, 4.69) is 15.5 Å². The summed E-state index contributed by atoms with van der Waals surface area (Å²) in [5, 5.41) is 19.7. The number of amides is 1. The number of hydrogen-bond donors (Lipinski definition) is 3. The van der Waals surface area contributed by atoms with E-state index in [0.29, 0.717) is 29.4 Å². The van der Waals surface area contributed by atoms with E-state index >= 15 is 0 Å². The summed E-state index contributed by atoms with van der Waals surface area (Å²) in [5.41, 5.74) is 1.91. The normalized spacial score (nSPS) is 12.1. The molecule has 0 aliphatic rings. The Kier molecular flexibility index (Phi) is 5.94. The van der Waals surface area contributed by atoms with Crippen LogP contribution in [-0.2, 0) is 4.74 Å². The fourth-order valence-electron chi connectivity index (χ4n) is 1.93. The van der Waals surface area contributed by atoms with Crippen LogP contribution in [0.2, 0.25) is 5.02 Å². The molecule has 0 saturated heterocycles. The quantitative estimate of drug-likeness (QED) is 0.725. The summed E-state index contributed by atoms with van der Waals surface area (Å²) in [5.74, 6) is -0.266. The van der Waals surface area contributed by atoms with Crippen molar-refractivity contribution >= 4 is 17.5 Å². The van der Waals surface area contributed by atoms with Crippen molar-refractivity contribution in [3.05, 3.63) is 41.0 Å². The number of H-pyrrole nitrogens is 1. The molecule has 2 rings (SSSR count). The van der Waals surface area contributed by atoms with Gasteiger partial charge in [0.05, 0.1) is 18.4 Å². The van der Waals surface area contributed by atoms with Gasteiger partial charge in [0.2, 0.25) is 0 Å². The number of methoxy groups -OCH3 is 1. The van der Waals surface area contributed by atoms with Gasteiger partial charge < -0.3 is 15.2 Å². The molecule has 0 spiro atoms. The monoisotopic (exact) mass is 323 g/mol. The number of hydrogen-bond acceptors (Lipinski definition) is 4. The largest absolute Gasteiger partial charge is 0.391 e. The lowest BCUT2D eigenvalue weighted by molar-refractivity contribution is 0.0587. The molecule has 1 heterocycles. The minimum atomic E-state index is -0.586. The second kappa shape index (κ2) is 7.93. The van der Waals surface area contributed by atoms with Crippen molar-refractivity contribution in [2.45, 2.75) is 12.5 Å². The Balaban J connectivity index is 1.90. The molecule has 1 aromatic carbocycles. The molecule has 0 saturated carbocycles. The van der Waals surface area contributed by atoms with Crippen LogP contribution in [0.15, 0.2) is 30.3 Å². The lowest BCUT2D eigenvalue weighted by atomic mass is 10.1. The summed E-state index contributed by atoms with van der Waals surface area (Å²) in [6.45, 7) is 0.610. The average molecular weight is 324 g/mol. The van der Waals surface area contributed by atoms with Crippen LogP contribution in [0.1, 0.15) is 16.9 Å². The lowest BCUT2D eigenvalue weighted by Gasteiger charge is -2.09. The zero-order valence-corrected chi connectivity index (χ0v) is 12.9. The highest BCUT2D eigenvalue weighted by Crippen LogP contribution is 2.20. The summed E-state index contributed by atoms with van der Waals surface area (Å²) in [4.78, 5) is 12.0. The number of aliphatic hydroxyl groups is 1. The first-order valence-electron chi connectivity index (χ1n) is 6.86. The molecule has 2 aromatic rings. The van der Waals surface area contributed by atoms with Gasteiger partial charge in [-0.1, -0.05) is 23.7 Å². The molecule has 118 valence electrons. The van der Waals surface area contributed by atoms with E-state index in [4.69, 9.17) is 16.3 Å². The number of halogens is 1. The van der Waals surface area contributed by atoms with Gasteiger partial charge in [-0.05, 0) is 24.6 Å². The third-order valence-electron chi connectivity index (χ3n) is 3.08. The number of aromatic amines is 1. The minimum absolute atomic E-state index is 0.251. The van der Waals surface area contributed by atoms with Crippen LogP contribution < -0.4 is 5.32 Å². The van der Waals surface area contributed by atoms with Crippen molar-refractivity contribution < 1.29 is 14.6 Å². The summed E-state index contributed by atoms with van der Waals surface area (Å²) in [6, 6.07) is 8.87. The van der Waals surface area contributed by atoms with Gasteiger partial charge in [0.1, 0.15) is 5.69 Å². The molecule has 1 aromatic heterocycles. The number of ether oxygens (including phenoxy) is 1. The van der Waals surface area contributed by atoms with Crippen LogP contribution in [-0.4, -0.2) is 47.6 Å². The van der Waals surface area contributed by atoms with Crippen molar-refractivity contribution in [1.29, 1.82) is 0 Å². The maximum absolute atomic E-state index is 12.0. The summed E-state index contributed by atoms with van der Waals surface area (Å²) >= 11 is 5.84. The van der Waals surface area contributed by atoms with Gasteiger partial charge in [-0.15, -0.1) is 0 Å². The smallest absolute Gasteiger partial charge is 0.269 e. The Morgan fingerprint density at radius 1 is 1.45 bits per heavy atom. The van der Waals surface area contributed by atoms with Crippen LogP contribution in [0.4, 0.5) is 0 Å². The van der Waals surface area contributed by atoms with E-state index < -0.39 is 6.10 Å². The second-order valence-corrected chi connectivity index (χ2v) is 5.26. The number of carbonyl (C=O) groups excluding carboxylic acids is 1. The Morgan fingerprint density at radius 3 is 2.86 bits per heavy atom. The molecule has 1 unspecified atom stereocenters. The highest BCUT2D eigenvalue weighted by atomic mass is 35.5. The van der Waals surface area contributed by atoms with Crippen LogP contribution in [0.3, 0.4) is 0 Å². The van der Waals surface area contributed by atoms with Crippen molar-refractivity contribution in [1.82, 2.24) is 15.5 Å². The fourth-order valence-corrected chi connectivity index (χ4v) is 2.06. The van der Waals surface area contributed by atoms with E-state index in [0.717, 1.165) is 5.56 Å². The van der Waals surface area contributed by atoms with Crippen LogP contribution in [0.5, 0.6) is 0 Å². The van der Waals surface area contributed by atoms with Gasteiger partial charge in [0, 0.05) is 24.2 Å². The second-order valence-electron chi connectivity index (χ2n) is 4.83. The SMILES string of the molecule is COCC(O)CCNC(=O)c1cc(-c2ccc(Cl)cc2)n[nH]1. The first kappa shape index (κ1) is 16.5. The van der Waals surface area contributed by atoms with E-state index in [1.807, 2.05) is 12.1 Å². The van der Waals surface area contributed by atoms with E-state index in [1.54, 1.807) is 18.2 Å². The van der Waals surface area contributed by atoms with Crippen molar-refractivity contribution in [3.63, 3.8) is 0 Å². The molecule has 0 fully saturated rings. The third-order valence-corrected chi connectivity index (χ3v) is 3.34. The molecule has 0 bridgehead atoms. The highest BCUT2D eigenvalue weighted by molar-refractivity contribution is 6.30. The van der Waals surface area contributed by atoms with E-state index in [1.165, 1.54) is 7.11 Å². The maximum atomic E-state index is 12.0. The third kappa shape index (κ3) is 4.56. The van der Waals surface area contributed by atoms with Crippen molar-refractivity contribution in [2.75, 3.05) is 20.3 Å². The van der Waals surface area contributed by atoms with Gasteiger partial charge in [-0.25, -0.2) is 0 Å². The molecule has 1 amide bonds. The fraction of sp³-hybridized carbons (Fsp3) is 0.333. The molecule has 6 nitrogen and oxygen atoms in total. The number of carbonyl (C=O) groups is 1.